The molecule has 0 aliphatic heterocycles. The van der Waals surface area contributed by atoms with E-state index >= 15 is 0 Å². The number of halogens is 1. The van der Waals surface area contributed by atoms with Crippen molar-refractivity contribution in [2.45, 2.75) is 0 Å². The van der Waals surface area contributed by atoms with E-state index in [1.165, 1.54) is 0 Å². The van der Waals surface area contributed by atoms with Gasteiger partial charge in [-0.15, -0.1) is 0 Å². The van der Waals surface area contributed by atoms with Crippen LogP contribution in [0.1, 0.15) is 0 Å². The monoisotopic (exact) mass is 242 g/mol. The summed E-state index contributed by atoms with van der Waals surface area (Å²) in [6.07, 6.45) is 1.55. The lowest BCUT2D eigenvalue weighted by Gasteiger charge is -2.09. The van der Waals surface area contributed by atoms with E-state index in [4.69, 9.17) is 16.3 Å². The number of hydrogen-bond acceptors (Lipinski definition) is 3. The largest absolute Gasteiger partial charge is 0.476 e. The van der Waals surface area contributed by atoms with Gasteiger partial charge in [-0.25, -0.2) is 4.98 Å². The molecule has 5 nitrogen and oxygen atoms in total. The number of nitrogens with one attached hydrogen (secondary N) is 2. The number of aromatic nitrogens is 1. The SMILES string of the molecule is CN=C(NC)NCCOc1ccc(Cl)cn1. The zero-order valence-electron chi connectivity index (χ0n) is 9.33. The van der Waals surface area contributed by atoms with Crippen LogP contribution in [0.5, 0.6) is 5.88 Å². The number of pyridine rings is 1. The molecule has 1 aromatic heterocycles. The molecule has 0 saturated carbocycles. The Morgan fingerprint density at radius 3 is 2.94 bits per heavy atom. The summed E-state index contributed by atoms with van der Waals surface area (Å²) in [5, 5.41) is 6.57. The van der Waals surface area contributed by atoms with Crippen molar-refractivity contribution in [1.29, 1.82) is 0 Å². The summed E-state index contributed by atoms with van der Waals surface area (Å²) in [4.78, 5) is 7.98. The maximum absolute atomic E-state index is 5.70. The maximum atomic E-state index is 5.70. The highest BCUT2D eigenvalue weighted by atomic mass is 35.5. The predicted octanol–water partition coefficient (Wildman–Crippen LogP) is 0.909. The third-order valence-electron chi connectivity index (χ3n) is 1.81. The van der Waals surface area contributed by atoms with Crippen LogP contribution in [0.3, 0.4) is 0 Å². The smallest absolute Gasteiger partial charge is 0.213 e. The summed E-state index contributed by atoms with van der Waals surface area (Å²) in [7, 11) is 3.51. The first kappa shape index (κ1) is 12.6. The van der Waals surface area contributed by atoms with Gasteiger partial charge >= 0.3 is 0 Å². The summed E-state index contributed by atoms with van der Waals surface area (Å²) < 4.78 is 5.39. The van der Waals surface area contributed by atoms with Crippen molar-refractivity contribution in [2.24, 2.45) is 4.99 Å². The highest BCUT2D eigenvalue weighted by Crippen LogP contribution is 2.10. The van der Waals surface area contributed by atoms with Crippen LogP contribution in [0.4, 0.5) is 0 Å². The molecule has 0 radical (unpaired) electrons. The molecule has 1 aromatic rings. The van der Waals surface area contributed by atoms with E-state index in [-0.39, 0.29) is 0 Å². The second-order valence-corrected chi connectivity index (χ2v) is 3.35. The maximum Gasteiger partial charge on any atom is 0.213 e. The Morgan fingerprint density at radius 2 is 2.38 bits per heavy atom. The topological polar surface area (TPSA) is 58.5 Å². The summed E-state index contributed by atoms with van der Waals surface area (Å²) in [5.41, 5.74) is 0. The van der Waals surface area contributed by atoms with Gasteiger partial charge in [0.1, 0.15) is 6.61 Å². The highest BCUT2D eigenvalue weighted by Gasteiger charge is 1.96. The van der Waals surface area contributed by atoms with E-state index in [9.17, 15) is 0 Å². The van der Waals surface area contributed by atoms with E-state index in [0.29, 0.717) is 24.1 Å². The molecule has 1 rings (SSSR count). The number of nitrogens with zero attached hydrogens (tertiary/aromatic N) is 2. The summed E-state index contributed by atoms with van der Waals surface area (Å²) in [6, 6.07) is 3.47. The van der Waals surface area contributed by atoms with Gasteiger partial charge in [0.05, 0.1) is 11.6 Å². The molecule has 0 unspecified atom stereocenters. The van der Waals surface area contributed by atoms with E-state index in [0.717, 1.165) is 5.96 Å². The van der Waals surface area contributed by atoms with Crippen molar-refractivity contribution in [3.8, 4) is 5.88 Å². The first-order chi connectivity index (χ1) is 7.76. The summed E-state index contributed by atoms with van der Waals surface area (Å²) >= 11 is 5.70. The Hall–Kier alpha value is -1.49. The summed E-state index contributed by atoms with van der Waals surface area (Å²) in [6.45, 7) is 1.16. The van der Waals surface area contributed by atoms with Crippen LogP contribution in [0, 0.1) is 0 Å². The molecule has 88 valence electrons. The number of aliphatic imine (C=N–C) groups is 1. The standard InChI is InChI=1S/C10H15ClN4O/c1-12-10(13-2)14-5-6-16-9-4-3-8(11)7-15-9/h3-4,7H,5-6H2,1-2H3,(H2,12,13,14). The predicted molar refractivity (Wildman–Crippen MR) is 65.2 cm³/mol. The van der Waals surface area contributed by atoms with Crippen LogP contribution in [0.2, 0.25) is 5.02 Å². The molecule has 0 spiro atoms. The van der Waals surface area contributed by atoms with E-state index in [1.807, 2.05) is 0 Å². The molecule has 0 fully saturated rings. The Kier molecular flexibility index (Phi) is 5.42. The van der Waals surface area contributed by atoms with Crippen LogP contribution in [0.25, 0.3) is 0 Å². The van der Waals surface area contributed by atoms with Gasteiger partial charge in [0.2, 0.25) is 5.88 Å². The minimum Gasteiger partial charge on any atom is -0.476 e. The van der Waals surface area contributed by atoms with Gasteiger partial charge in [0.15, 0.2) is 5.96 Å². The molecule has 0 atom stereocenters. The van der Waals surface area contributed by atoms with Crippen molar-refractivity contribution >= 4 is 17.6 Å². The first-order valence-corrected chi connectivity index (χ1v) is 5.27. The van der Waals surface area contributed by atoms with Crippen LogP contribution >= 0.6 is 11.6 Å². The van der Waals surface area contributed by atoms with Crippen molar-refractivity contribution in [2.75, 3.05) is 27.2 Å². The molecule has 0 amide bonds. The van der Waals surface area contributed by atoms with Gasteiger partial charge in [-0.2, -0.15) is 0 Å². The fourth-order valence-corrected chi connectivity index (χ4v) is 1.16. The molecule has 0 saturated heterocycles. The lowest BCUT2D eigenvalue weighted by molar-refractivity contribution is 0.310. The van der Waals surface area contributed by atoms with Gasteiger partial charge < -0.3 is 15.4 Å². The molecule has 1 heterocycles. The molecular weight excluding hydrogens is 228 g/mol. The van der Waals surface area contributed by atoms with Crippen molar-refractivity contribution < 1.29 is 4.74 Å². The zero-order chi connectivity index (χ0) is 11.8. The first-order valence-electron chi connectivity index (χ1n) is 4.89. The quantitative estimate of drug-likeness (QED) is 0.468. The fraction of sp³-hybridized carbons (Fsp3) is 0.400. The Labute approximate surface area is 99.9 Å². The highest BCUT2D eigenvalue weighted by molar-refractivity contribution is 6.30. The van der Waals surface area contributed by atoms with Crippen LogP contribution in [-0.4, -0.2) is 38.2 Å². The van der Waals surface area contributed by atoms with Crippen LogP contribution in [0.15, 0.2) is 23.3 Å². The van der Waals surface area contributed by atoms with Gasteiger partial charge in [-0.05, 0) is 6.07 Å². The van der Waals surface area contributed by atoms with E-state index in [2.05, 4.69) is 20.6 Å². The van der Waals surface area contributed by atoms with Gasteiger partial charge in [-0.1, -0.05) is 11.6 Å². The normalized spacial score (nSPS) is 11.1. The molecule has 0 aliphatic rings. The lowest BCUT2D eigenvalue weighted by atomic mass is 10.5. The van der Waals surface area contributed by atoms with Gasteiger partial charge in [0.25, 0.3) is 0 Å². The average Bonchev–Trinajstić information content (AvgIpc) is 2.32. The second kappa shape index (κ2) is 6.90. The van der Waals surface area contributed by atoms with Gasteiger partial charge in [0, 0.05) is 26.4 Å². The van der Waals surface area contributed by atoms with Crippen molar-refractivity contribution in [1.82, 2.24) is 15.6 Å². The van der Waals surface area contributed by atoms with E-state index in [1.54, 1.807) is 32.4 Å². The molecular formula is C10H15ClN4O. The number of hydrogen-bond donors (Lipinski definition) is 2. The zero-order valence-corrected chi connectivity index (χ0v) is 10.1. The minimum atomic E-state index is 0.509. The van der Waals surface area contributed by atoms with Crippen LogP contribution in [-0.2, 0) is 0 Å². The number of rotatable bonds is 4. The Balaban J connectivity index is 2.23. The molecule has 2 N–H and O–H groups in total. The lowest BCUT2D eigenvalue weighted by Crippen LogP contribution is -2.37. The Morgan fingerprint density at radius 1 is 1.56 bits per heavy atom. The molecule has 6 heteroatoms. The molecule has 0 bridgehead atoms. The minimum absolute atomic E-state index is 0.509. The van der Waals surface area contributed by atoms with Crippen molar-refractivity contribution in [3.05, 3.63) is 23.4 Å². The number of guanidine groups is 1. The van der Waals surface area contributed by atoms with Crippen molar-refractivity contribution in [3.63, 3.8) is 0 Å². The van der Waals surface area contributed by atoms with Gasteiger partial charge in [-0.3, -0.25) is 4.99 Å². The summed E-state index contributed by atoms with van der Waals surface area (Å²) in [5.74, 6) is 1.29. The molecule has 16 heavy (non-hydrogen) atoms. The second-order valence-electron chi connectivity index (χ2n) is 2.91. The molecule has 0 aromatic carbocycles. The average molecular weight is 243 g/mol. The van der Waals surface area contributed by atoms with E-state index < -0.39 is 0 Å². The van der Waals surface area contributed by atoms with Crippen LogP contribution < -0.4 is 15.4 Å². The molecule has 0 aliphatic carbocycles. The third kappa shape index (κ3) is 4.35. The number of ether oxygens (including phenoxy) is 1. The fourth-order valence-electron chi connectivity index (χ4n) is 1.05. The third-order valence-corrected chi connectivity index (χ3v) is 2.03. The Bertz CT molecular complexity index is 339.